The van der Waals surface area contributed by atoms with E-state index in [1.807, 2.05) is 0 Å². The second kappa shape index (κ2) is 6.54. The van der Waals surface area contributed by atoms with Crippen molar-refractivity contribution >= 4 is 23.3 Å². The summed E-state index contributed by atoms with van der Waals surface area (Å²) in [6.45, 7) is 0. The minimum atomic E-state index is -2.65. The van der Waals surface area contributed by atoms with Crippen molar-refractivity contribution in [3.8, 4) is 0 Å². The Bertz CT molecular complexity index is 649. The number of aliphatic carboxylic acids is 1. The summed E-state index contributed by atoms with van der Waals surface area (Å²) in [6.07, 6.45) is -2.65. The van der Waals surface area contributed by atoms with Gasteiger partial charge in [0.25, 0.3) is 6.43 Å². The number of nitrogens with one attached hydrogen (secondary N) is 1. The van der Waals surface area contributed by atoms with Gasteiger partial charge in [-0.25, -0.2) is 13.6 Å². The third-order valence-corrected chi connectivity index (χ3v) is 3.25. The quantitative estimate of drug-likeness (QED) is 0.853. The van der Waals surface area contributed by atoms with Crippen LogP contribution in [0.3, 0.4) is 0 Å². The summed E-state index contributed by atoms with van der Waals surface area (Å²) in [6, 6.07) is 10.8. The van der Waals surface area contributed by atoms with E-state index in [-0.39, 0.29) is 11.1 Å². The van der Waals surface area contributed by atoms with Gasteiger partial charge in [0.1, 0.15) is 0 Å². The molecule has 3 nitrogen and oxygen atoms in total. The van der Waals surface area contributed by atoms with E-state index in [4.69, 9.17) is 11.6 Å². The van der Waals surface area contributed by atoms with Crippen LogP contribution in [0.25, 0.3) is 0 Å². The monoisotopic (exact) mass is 311 g/mol. The Balaban J connectivity index is 2.34. The number of hydrogen-bond acceptors (Lipinski definition) is 2. The molecule has 0 spiro atoms. The van der Waals surface area contributed by atoms with Gasteiger partial charge in [0.15, 0.2) is 6.04 Å². The molecule has 0 saturated carbocycles. The molecule has 0 radical (unpaired) electrons. The van der Waals surface area contributed by atoms with Gasteiger partial charge in [0, 0.05) is 5.56 Å². The standard InChI is InChI=1S/C15H12ClF2NO2/c16-11-6-1-2-7-12(11)19-13(15(20)21)9-4-3-5-10(8-9)14(17)18/h1-8,13-14,19H,(H,20,21). The number of carboxylic acids is 1. The predicted octanol–water partition coefficient (Wildman–Crippen LogP) is 4.52. The molecular formula is C15H12ClF2NO2. The average Bonchev–Trinajstić information content (AvgIpc) is 2.46. The Hall–Kier alpha value is -2.14. The van der Waals surface area contributed by atoms with Crippen LogP contribution in [-0.2, 0) is 4.79 Å². The van der Waals surface area contributed by atoms with Gasteiger partial charge in [-0.15, -0.1) is 0 Å². The molecule has 1 unspecified atom stereocenters. The summed E-state index contributed by atoms with van der Waals surface area (Å²) >= 11 is 5.97. The summed E-state index contributed by atoms with van der Waals surface area (Å²) in [4.78, 5) is 11.4. The van der Waals surface area contributed by atoms with Gasteiger partial charge in [-0.1, -0.05) is 41.9 Å². The van der Waals surface area contributed by atoms with E-state index in [9.17, 15) is 18.7 Å². The number of para-hydroxylation sites is 1. The third kappa shape index (κ3) is 3.70. The zero-order valence-corrected chi connectivity index (χ0v) is 11.5. The lowest BCUT2D eigenvalue weighted by Crippen LogP contribution is -2.20. The highest BCUT2D eigenvalue weighted by Gasteiger charge is 2.21. The van der Waals surface area contributed by atoms with Gasteiger partial charge in [-0.3, -0.25) is 0 Å². The van der Waals surface area contributed by atoms with Crippen LogP contribution in [0.2, 0.25) is 5.02 Å². The molecule has 0 saturated heterocycles. The Morgan fingerprint density at radius 3 is 2.38 bits per heavy atom. The lowest BCUT2D eigenvalue weighted by Gasteiger charge is -2.17. The minimum Gasteiger partial charge on any atom is -0.479 e. The largest absolute Gasteiger partial charge is 0.479 e. The molecule has 0 bridgehead atoms. The normalized spacial score (nSPS) is 12.2. The van der Waals surface area contributed by atoms with Crippen molar-refractivity contribution in [2.24, 2.45) is 0 Å². The van der Waals surface area contributed by atoms with Crippen LogP contribution in [0.15, 0.2) is 48.5 Å². The maximum atomic E-state index is 12.7. The number of carboxylic acid groups (broad SMARTS) is 1. The number of carbonyl (C=O) groups is 1. The Labute approximate surface area is 125 Å². The minimum absolute atomic E-state index is 0.222. The maximum absolute atomic E-state index is 12.7. The molecule has 0 amide bonds. The summed E-state index contributed by atoms with van der Waals surface area (Å²) in [5, 5.41) is 12.4. The fourth-order valence-electron chi connectivity index (χ4n) is 1.90. The lowest BCUT2D eigenvalue weighted by atomic mass is 10.0. The zero-order valence-electron chi connectivity index (χ0n) is 10.8. The van der Waals surface area contributed by atoms with Crippen LogP contribution in [0, 0.1) is 0 Å². The van der Waals surface area contributed by atoms with E-state index in [0.29, 0.717) is 10.7 Å². The number of anilines is 1. The van der Waals surface area contributed by atoms with Gasteiger partial charge in [0.2, 0.25) is 0 Å². The van der Waals surface area contributed by atoms with Crippen molar-refractivity contribution in [3.63, 3.8) is 0 Å². The first-order valence-corrected chi connectivity index (χ1v) is 6.48. The number of benzene rings is 2. The van der Waals surface area contributed by atoms with E-state index >= 15 is 0 Å². The Morgan fingerprint density at radius 2 is 1.76 bits per heavy atom. The van der Waals surface area contributed by atoms with Crippen molar-refractivity contribution in [1.29, 1.82) is 0 Å². The van der Waals surface area contributed by atoms with Crippen molar-refractivity contribution < 1.29 is 18.7 Å². The first kappa shape index (κ1) is 15.3. The first-order chi connectivity index (χ1) is 9.99. The van der Waals surface area contributed by atoms with Crippen LogP contribution < -0.4 is 5.32 Å². The fraction of sp³-hybridized carbons (Fsp3) is 0.133. The van der Waals surface area contributed by atoms with Crippen molar-refractivity contribution in [1.82, 2.24) is 0 Å². The van der Waals surface area contributed by atoms with Crippen LogP contribution in [-0.4, -0.2) is 11.1 Å². The average molecular weight is 312 g/mol. The molecule has 1 atom stereocenters. The van der Waals surface area contributed by atoms with Crippen molar-refractivity contribution in [3.05, 3.63) is 64.7 Å². The predicted molar refractivity (Wildman–Crippen MR) is 76.9 cm³/mol. The van der Waals surface area contributed by atoms with Gasteiger partial charge < -0.3 is 10.4 Å². The van der Waals surface area contributed by atoms with Gasteiger partial charge in [-0.2, -0.15) is 0 Å². The van der Waals surface area contributed by atoms with Crippen LogP contribution in [0.5, 0.6) is 0 Å². The molecule has 0 fully saturated rings. The van der Waals surface area contributed by atoms with Gasteiger partial charge in [0.05, 0.1) is 10.7 Å². The molecule has 2 aromatic rings. The molecule has 0 aliphatic rings. The Morgan fingerprint density at radius 1 is 1.10 bits per heavy atom. The highest BCUT2D eigenvalue weighted by Crippen LogP contribution is 2.28. The first-order valence-electron chi connectivity index (χ1n) is 6.11. The van der Waals surface area contributed by atoms with Crippen molar-refractivity contribution in [2.75, 3.05) is 5.32 Å². The third-order valence-electron chi connectivity index (χ3n) is 2.92. The molecule has 110 valence electrons. The van der Waals surface area contributed by atoms with Gasteiger partial charge >= 0.3 is 5.97 Å². The highest BCUT2D eigenvalue weighted by molar-refractivity contribution is 6.33. The summed E-state index contributed by atoms with van der Waals surface area (Å²) in [5.41, 5.74) is 0.439. The van der Waals surface area contributed by atoms with Crippen molar-refractivity contribution in [2.45, 2.75) is 12.5 Å². The molecule has 0 aliphatic heterocycles. The van der Waals surface area contributed by atoms with E-state index < -0.39 is 18.4 Å². The van der Waals surface area contributed by atoms with E-state index in [1.165, 1.54) is 24.3 Å². The summed E-state index contributed by atoms with van der Waals surface area (Å²) in [7, 11) is 0. The van der Waals surface area contributed by atoms with E-state index in [0.717, 1.165) is 0 Å². The molecule has 2 N–H and O–H groups in total. The van der Waals surface area contributed by atoms with Crippen LogP contribution in [0.4, 0.5) is 14.5 Å². The maximum Gasteiger partial charge on any atom is 0.330 e. The fourth-order valence-corrected chi connectivity index (χ4v) is 2.09. The second-order valence-corrected chi connectivity index (χ2v) is 4.77. The van der Waals surface area contributed by atoms with Crippen LogP contribution >= 0.6 is 11.6 Å². The smallest absolute Gasteiger partial charge is 0.330 e. The van der Waals surface area contributed by atoms with E-state index in [2.05, 4.69) is 5.32 Å². The molecule has 0 heterocycles. The SMILES string of the molecule is O=C(O)C(Nc1ccccc1Cl)c1cccc(C(F)F)c1. The molecule has 2 rings (SSSR count). The Kier molecular flexibility index (Phi) is 4.75. The molecule has 2 aromatic carbocycles. The topological polar surface area (TPSA) is 49.3 Å². The van der Waals surface area contributed by atoms with Crippen LogP contribution in [0.1, 0.15) is 23.6 Å². The molecular weight excluding hydrogens is 300 g/mol. The molecule has 21 heavy (non-hydrogen) atoms. The highest BCUT2D eigenvalue weighted by atomic mass is 35.5. The number of halogens is 3. The number of hydrogen-bond donors (Lipinski definition) is 2. The molecule has 6 heteroatoms. The number of rotatable bonds is 5. The molecule has 0 aliphatic carbocycles. The second-order valence-electron chi connectivity index (χ2n) is 4.37. The summed E-state index contributed by atoms with van der Waals surface area (Å²) in [5.74, 6) is -1.18. The zero-order chi connectivity index (χ0) is 15.4. The number of alkyl halides is 2. The summed E-state index contributed by atoms with van der Waals surface area (Å²) < 4.78 is 25.4. The van der Waals surface area contributed by atoms with Gasteiger partial charge in [-0.05, 0) is 23.8 Å². The van der Waals surface area contributed by atoms with E-state index in [1.54, 1.807) is 24.3 Å². The molecule has 0 aromatic heterocycles. The lowest BCUT2D eigenvalue weighted by molar-refractivity contribution is -0.138.